The van der Waals surface area contributed by atoms with Crippen LogP contribution in [-0.2, 0) is 10.8 Å². The van der Waals surface area contributed by atoms with Crippen LogP contribution in [0.2, 0.25) is 0 Å². The summed E-state index contributed by atoms with van der Waals surface area (Å²) in [4.78, 5) is 3.91. The molecule has 0 amide bonds. The lowest BCUT2D eigenvalue weighted by Crippen LogP contribution is -2.63. The third-order valence-corrected chi connectivity index (χ3v) is 17.7. The molecule has 434 valence electrons. The van der Waals surface area contributed by atoms with Crippen LogP contribution in [0.25, 0.3) is 99.5 Å². The van der Waals surface area contributed by atoms with Crippen LogP contribution >= 0.6 is 0 Å². The fraction of sp³-hybridized carbons (Fsp3) is 0.0930. The lowest BCUT2D eigenvalue weighted by Gasteiger charge is -2.48. The van der Waals surface area contributed by atoms with Crippen molar-refractivity contribution in [2.75, 3.05) is 9.80 Å². The minimum Gasteiger partial charge on any atom is -0.310 e. The largest absolute Gasteiger partial charge is 0.310 e. The van der Waals surface area contributed by atoms with Crippen molar-refractivity contribution in [2.24, 2.45) is 0 Å². The minimum absolute atomic E-state index is 0.0277. The van der Waals surface area contributed by atoms with Crippen molar-refractivity contribution in [2.45, 2.75) is 52.4 Å². The van der Waals surface area contributed by atoms with Gasteiger partial charge < -0.3 is 18.9 Å². The molecule has 5 heteroatoms. The van der Waals surface area contributed by atoms with E-state index in [2.05, 4.69) is 0 Å². The normalized spacial score (nSPS) is 16.1. The summed E-state index contributed by atoms with van der Waals surface area (Å²) >= 11 is 0. The van der Waals surface area contributed by atoms with E-state index in [-0.39, 0.29) is 66.1 Å². The number of hydrogen-bond donors (Lipinski definition) is 0. The quantitative estimate of drug-likeness (QED) is 0.141. The third kappa shape index (κ3) is 8.59. The van der Waals surface area contributed by atoms with Gasteiger partial charge in [-0.25, -0.2) is 0 Å². The number of hydrogen-bond acceptors (Lipinski definition) is 2. The molecule has 0 N–H and O–H groups in total. The smallest absolute Gasteiger partial charge is 0.252 e. The minimum atomic E-state index is -1.45. The molecule has 0 fully saturated rings. The highest BCUT2D eigenvalue weighted by molar-refractivity contribution is 7.00. The Morgan fingerprint density at radius 1 is 0.330 bits per heavy atom. The Balaban J connectivity index is 1.17. The van der Waals surface area contributed by atoms with Crippen molar-refractivity contribution >= 4 is 101 Å². The molecule has 0 spiro atoms. The lowest BCUT2D eigenvalue weighted by molar-refractivity contribution is 0.590. The van der Waals surface area contributed by atoms with Gasteiger partial charge in [0.25, 0.3) is 6.71 Å². The lowest BCUT2D eigenvalue weighted by atomic mass is 9.32. The first kappa shape index (κ1) is 36.6. The molecule has 0 aliphatic carbocycles. The van der Waals surface area contributed by atoms with Gasteiger partial charge in [-0.15, -0.1) is 0 Å². The van der Waals surface area contributed by atoms with E-state index in [1.807, 2.05) is 221 Å². The zero-order chi connectivity index (χ0) is 79.6. The molecule has 17 rings (SSSR count). The molecule has 4 heterocycles. The SMILES string of the molecule is [2H]c1c([2H])c(-n2c3c([2H])c([2H])c([2H])c([2H])c3c3c([2H])c([2H])c([2H])c([2H])c32)c([2H])c2c1B1c3c(cc(C(C)(C)C)cc3N(c3c(-c4ccccc4)cccc3-c3ccccc3)c3c([2H])c(-n4c5c([2H])c([2H])c([2H])c([2H])c5c5c([2H])c([2H])c([2H])c([2H])c54)c([2H])c(C(C)(C)C)c31)N2c1c(-c2ccccc2)cccc1-c1ccccc1. The molecule has 0 radical (unpaired) electrons. The van der Waals surface area contributed by atoms with E-state index in [9.17, 15) is 23.3 Å². The molecule has 91 heavy (non-hydrogen) atoms. The summed E-state index contributed by atoms with van der Waals surface area (Å²) in [5, 5.41) is -1.22. The summed E-state index contributed by atoms with van der Waals surface area (Å²) in [7, 11) is 0. The topological polar surface area (TPSA) is 16.3 Å². The first-order valence-electron chi connectivity index (χ1n) is 40.8. The number of para-hydroxylation sites is 6. The van der Waals surface area contributed by atoms with E-state index in [0.717, 1.165) is 15.7 Å². The van der Waals surface area contributed by atoms with Crippen molar-refractivity contribution < 1.29 is 28.8 Å². The van der Waals surface area contributed by atoms with Gasteiger partial charge in [0, 0.05) is 77.9 Å². The van der Waals surface area contributed by atoms with Gasteiger partial charge in [0.2, 0.25) is 0 Å². The van der Waals surface area contributed by atoms with Gasteiger partial charge >= 0.3 is 0 Å². The second kappa shape index (κ2) is 20.9. The Labute approximate surface area is 562 Å². The summed E-state index contributed by atoms with van der Waals surface area (Å²) in [6.45, 7) is 10.2. The van der Waals surface area contributed by atoms with E-state index >= 15 is 0 Å². The number of rotatable bonds is 8. The maximum absolute atomic E-state index is 11.8. The van der Waals surface area contributed by atoms with E-state index < -0.39 is 161 Å². The van der Waals surface area contributed by atoms with Crippen LogP contribution in [0.15, 0.2) is 297 Å². The van der Waals surface area contributed by atoms with Gasteiger partial charge in [0.05, 0.1) is 62.2 Å². The number of nitrogens with zero attached hydrogens (tertiary/aromatic N) is 4. The maximum Gasteiger partial charge on any atom is 0.252 e. The van der Waals surface area contributed by atoms with E-state index in [1.165, 1.54) is 4.57 Å². The number of anilines is 6. The summed E-state index contributed by atoms with van der Waals surface area (Å²) in [6, 6.07) is 40.4. The third-order valence-electron chi connectivity index (χ3n) is 17.7. The van der Waals surface area contributed by atoms with Crippen LogP contribution in [0.1, 0.15) is 81.5 Å². The zero-order valence-corrected chi connectivity index (χ0v) is 50.5. The molecule has 2 aliphatic heterocycles. The van der Waals surface area contributed by atoms with Crippen molar-refractivity contribution in [3.8, 4) is 55.9 Å². The first-order chi connectivity index (χ1) is 53.2. The predicted octanol–water partition coefficient (Wildman–Crippen LogP) is 21.2. The highest BCUT2D eigenvalue weighted by atomic mass is 15.2. The first-order valence-corrected chi connectivity index (χ1v) is 30.3. The Morgan fingerprint density at radius 3 is 1.08 bits per heavy atom. The van der Waals surface area contributed by atoms with Crippen LogP contribution in [-0.4, -0.2) is 15.8 Å². The Kier molecular flexibility index (Phi) is 8.39. The van der Waals surface area contributed by atoms with Gasteiger partial charge in [-0.3, -0.25) is 0 Å². The number of fused-ring (bicyclic) bond motifs is 10. The maximum atomic E-state index is 11.8. The second-order valence-electron chi connectivity index (χ2n) is 25.2. The summed E-state index contributed by atoms with van der Waals surface area (Å²) in [5.41, 5.74) is 4.10. The molecule has 2 aromatic heterocycles. The molecule has 15 aromatic rings. The summed E-state index contributed by atoms with van der Waals surface area (Å²) < 4.78 is 211. The summed E-state index contributed by atoms with van der Waals surface area (Å²) in [6.07, 6.45) is 0. The highest BCUT2D eigenvalue weighted by Gasteiger charge is 2.48. The molecule has 0 bridgehead atoms. The molecule has 4 nitrogen and oxygen atoms in total. The molecule has 0 saturated carbocycles. The average Bonchev–Trinajstić information content (AvgIpc) is 0.826. The van der Waals surface area contributed by atoms with Crippen molar-refractivity contribution in [1.29, 1.82) is 0 Å². The molecular formula is C86H67BN4. The van der Waals surface area contributed by atoms with Crippen LogP contribution in [0.4, 0.5) is 34.1 Å². The Hall–Kier alpha value is -10.9. The van der Waals surface area contributed by atoms with Crippen LogP contribution in [0.5, 0.6) is 0 Å². The molecule has 13 aromatic carbocycles. The molecule has 0 saturated heterocycles. The monoisotopic (exact) mass is 1190 g/mol. The average molecular weight is 1190 g/mol. The second-order valence-corrected chi connectivity index (χ2v) is 25.2. The Morgan fingerprint density at radius 2 is 0.692 bits per heavy atom. The van der Waals surface area contributed by atoms with Crippen molar-refractivity contribution in [3.05, 3.63) is 308 Å². The van der Waals surface area contributed by atoms with Gasteiger partial charge in [-0.2, -0.15) is 0 Å². The number of benzene rings is 13. The fourth-order valence-electron chi connectivity index (χ4n) is 13.7. The molecule has 0 unspecified atom stereocenters. The van der Waals surface area contributed by atoms with E-state index in [1.54, 1.807) is 0 Å². The van der Waals surface area contributed by atoms with Crippen LogP contribution in [0.3, 0.4) is 0 Å². The van der Waals surface area contributed by atoms with Crippen molar-refractivity contribution in [1.82, 2.24) is 9.13 Å². The highest BCUT2D eigenvalue weighted by Crippen LogP contribution is 2.55. The fourth-order valence-corrected chi connectivity index (χ4v) is 13.7. The van der Waals surface area contributed by atoms with E-state index in [0.29, 0.717) is 67.2 Å². The van der Waals surface area contributed by atoms with Crippen LogP contribution in [0, 0.1) is 0 Å². The van der Waals surface area contributed by atoms with Gasteiger partial charge in [0.15, 0.2) is 0 Å². The number of aromatic nitrogens is 2. The predicted molar refractivity (Wildman–Crippen MR) is 388 cm³/mol. The Bertz CT molecular complexity index is 6390. The molecular weight excluding hydrogens is 1100 g/mol. The van der Waals surface area contributed by atoms with Gasteiger partial charge in [-0.05, 0) is 121 Å². The molecule has 0 atom stereocenters. The zero-order valence-electron chi connectivity index (χ0n) is 71.5. The standard InChI is InChI=1S/C86H67BN4/c1-85(2,3)60-51-78-82-79(52-60)91(84-65(58-33-15-9-16-34-58)43-28-44-66(84)59-35-17-10-18-36-59)80-55-62(89-75-47-25-21-39-69(75)70-40-22-26-48-76(70)89)53-71(86(4,5)6)81(80)87(82)72-50-49-61(88-73-45-23-19-37-67(73)68-38-20-24-46-74(68)88)54-77(72)90(78)83-63(56-29-11-7-12-30-56)41-27-42-64(83)57-31-13-8-14-32-57/h7-55H,1-6H3/i19D,20D,21D,22D,23D,24D,25D,26D,37D,38D,39D,40D,45D,46D,47D,48D,49D,50D,53D,54D,55D. The van der Waals surface area contributed by atoms with Gasteiger partial charge in [-0.1, -0.05) is 278 Å². The molecule has 2 aliphatic rings. The van der Waals surface area contributed by atoms with E-state index in [4.69, 9.17) is 5.48 Å². The summed E-state index contributed by atoms with van der Waals surface area (Å²) in [5.74, 6) is 0. The van der Waals surface area contributed by atoms with Gasteiger partial charge in [0.1, 0.15) is 0 Å². The van der Waals surface area contributed by atoms with Crippen LogP contribution < -0.4 is 26.2 Å². The van der Waals surface area contributed by atoms with Crippen molar-refractivity contribution in [3.63, 3.8) is 0 Å².